The third kappa shape index (κ3) is 3.32. The van der Waals surface area contributed by atoms with Crippen LogP contribution in [0.3, 0.4) is 0 Å². The first kappa shape index (κ1) is 15.9. The zero-order chi connectivity index (χ0) is 17.1. The molecule has 0 aliphatic carbocycles. The molecular weight excluding hydrogens is 308 g/mol. The van der Waals surface area contributed by atoms with Crippen molar-refractivity contribution < 1.29 is 19.1 Å². The Balaban J connectivity index is 1.67. The molecule has 2 amide bonds. The van der Waals surface area contributed by atoms with Gasteiger partial charge in [0.25, 0.3) is 11.8 Å². The highest BCUT2D eigenvalue weighted by atomic mass is 16.5. The van der Waals surface area contributed by atoms with Crippen LogP contribution in [0, 0.1) is 0 Å². The van der Waals surface area contributed by atoms with Gasteiger partial charge in [-0.15, -0.1) is 0 Å². The van der Waals surface area contributed by atoms with E-state index in [0.717, 1.165) is 11.3 Å². The van der Waals surface area contributed by atoms with E-state index < -0.39 is 6.10 Å². The molecule has 0 bridgehead atoms. The van der Waals surface area contributed by atoms with E-state index in [9.17, 15) is 9.59 Å². The maximum atomic E-state index is 12.3. The van der Waals surface area contributed by atoms with Crippen LogP contribution in [-0.4, -0.2) is 25.0 Å². The van der Waals surface area contributed by atoms with E-state index in [4.69, 9.17) is 9.47 Å². The standard InChI is InChI=1S/C18H18N2O4/c1-11-17(21)20-15-9-13(5-8-16(15)24-11)18(22)19-10-12-3-6-14(23-2)7-4-12/h3-9,11H,10H2,1-2H3,(H,19,22)(H,20,21). The summed E-state index contributed by atoms with van der Waals surface area (Å²) in [4.78, 5) is 23.9. The van der Waals surface area contributed by atoms with Gasteiger partial charge in [-0.05, 0) is 42.8 Å². The van der Waals surface area contributed by atoms with E-state index >= 15 is 0 Å². The lowest BCUT2D eigenvalue weighted by atomic mass is 10.1. The minimum atomic E-state index is -0.535. The van der Waals surface area contributed by atoms with Crippen LogP contribution in [0.15, 0.2) is 42.5 Å². The van der Waals surface area contributed by atoms with Gasteiger partial charge in [-0.1, -0.05) is 12.1 Å². The molecule has 0 saturated heterocycles. The van der Waals surface area contributed by atoms with E-state index in [1.807, 2.05) is 24.3 Å². The summed E-state index contributed by atoms with van der Waals surface area (Å²) in [5, 5.41) is 5.58. The molecule has 6 heteroatoms. The number of hydrogen-bond acceptors (Lipinski definition) is 4. The minimum Gasteiger partial charge on any atom is -0.497 e. The first-order valence-corrected chi connectivity index (χ1v) is 7.59. The van der Waals surface area contributed by atoms with Gasteiger partial charge in [0.15, 0.2) is 6.10 Å². The Morgan fingerprint density at radius 2 is 2.00 bits per heavy atom. The molecule has 1 unspecified atom stereocenters. The molecule has 2 aromatic rings. The normalized spacial score (nSPS) is 15.8. The second kappa shape index (κ2) is 6.62. The molecule has 1 aliphatic heterocycles. The van der Waals surface area contributed by atoms with Crippen LogP contribution >= 0.6 is 0 Å². The Morgan fingerprint density at radius 1 is 1.25 bits per heavy atom. The number of amides is 2. The van der Waals surface area contributed by atoms with Crippen molar-refractivity contribution in [2.24, 2.45) is 0 Å². The van der Waals surface area contributed by atoms with Gasteiger partial charge in [0, 0.05) is 12.1 Å². The van der Waals surface area contributed by atoms with Crippen molar-refractivity contribution in [3.63, 3.8) is 0 Å². The Morgan fingerprint density at radius 3 is 2.71 bits per heavy atom. The average molecular weight is 326 g/mol. The van der Waals surface area contributed by atoms with Crippen molar-refractivity contribution >= 4 is 17.5 Å². The predicted octanol–water partition coefficient (Wildman–Crippen LogP) is 2.34. The zero-order valence-corrected chi connectivity index (χ0v) is 13.5. The van der Waals surface area contributed by atoms with Gasteiger partial charge >= 0.3 is 0 Å². The first-order valence-electron chi connectivity index (χ1n) is 7.59. The van der Waals surface area contributed by atoms with Crippen LogP contribution in [0.2, 0.25) is 0 Å². The maximum Gasteiger partial charge on any atom is 0.265 e. The molecular formula is C18H18N2O4. The lowest BCUT2D eigenvalue weighted by molar-refractivity contribution is -0.122. The van der Waals surface area contributed by atoms with Gasteiger partial charge in [-0.25, -0.2) is 0 Å². The lowest BCUT2D eigenvalue weighted by Crippen LogP contribution is -2.34. The molecule has 0 fully saturated rings. The van der Waals surface area contributed by atoms with Crippen molar-refractivity contribution in [3.8, 4) is 11.5 Å². The molecule has 124 valence electrons. The molecule has 6 nitrogen and oxygen atoms in total. The second-order valence-corrected chi connectivity index (χ2v) is 5.49. The molecule has 2 N–H and O–H groups in total. The summed E-state index contributed by atoms with van der Waals surface area (Å²) in [5.41, 5.74) is 1.93. The van der Waals surface area contributed by atoms with Crippen molar-refractivity contribution in [2.45, 2.75) is 19.6 Å². The monoisotopic (exact) mass is 326 g/mol. The highest BCUT2D eigenvalue weighted by Gasteiger charge is 2.24. The van der Waals surface area contributed by atoms with Gasteiger partial charge in [0.1, 0.15) is 11.5 Å². The van der Waals surface area contributed by atoms with Crippen molar-refractivity contribution in [3.05, 3.63) is 53.6 Å². The number of rotatable bonds is 4. The maximum absolute atomic E-state index is 12.3. The smallest absolute Gasteiger partial charge is 0.265 e. The van der Waals surface area contributed by atoms with E-state index in [1.165, 1.54) is 0 Å². The number of benzene rings is 2. The van der Waals surface area contributed by atoms with E-state index in [1.54, 1.807) is 32.2 Å². The fraction of sp³-hybridized carbons (Fsp3) is 0.222. The zero-order valence-electron chi connectivity index (χ0n) is 13.5. The third-order valence-electron chi connectivity index (χ3n) is 3.78. The second-order valence-electron chi connectivity index (χ2n) is 5.49. The van der Waals surface area contributed by atoms with Gasteiger partial charge in [0.05, 0.1) is 12.8 Å². The summed E-state index contributed by atoms with van der Waals surface area (Å²) in [7, 11) is 1.61. The van der Waals surface area contributed by atoms with Crippen molar-refractivity contribution in [1.82, 2.24) is 5.32 Å². The fourth-order valence-corrected chi connectivity index (χ4v) is 2.38. The molecule has 0 aromatic heterocycles. The number of fused-ring (bicyclic) bond motifs is 1. The van der Waals surface area contributed by atoms with Gasteiger partial charge in [0.2, 0.25) is 0 Å². The van der Waals surface area contributed by atoms with Gasteiger partial charge in [-0.2, -0.15) is 0 Å². The Kier molecular flexibility index (Phi) is 4.37. The molecule has 0 radical (unpaired) electrons. The quantitative estimate of drug-likeness (QED) is 0.904. The van der Waals surface area contributed by atoms with Crippen LogP contribution in [0.4, 0.5) is 5.69 Å². The number of anilines is 1. The Hall–Kier alpha value is -3.02. The number of carbonyl (C=O) groups excluding carboxylic acids is 2. The largest absolute Gasteiger partial charge is 0.497 e. The highest BCUT2D eigenvalue weighted by molar-refractivity contribution is 6.00. The van der Waals surface area contributed by atoms with Crippen LogP contribution in [-0.2, 0) is 11.3 Å². The van der Waals surface area contributed by atoms with Gasteiger partial charge < -0.3 is 20.1 Å². The topological polar surface area (TPSA) is 76.7 Å². The fourth-order valence-electron chi connectivity index (χ4n) is 2.38. The summed E-state index contributed by atoms with van der Waals surface area (Å²) < 4.78 is 10.6. The Bertz CT molecular complexity index is 771. The van der Waals surface area contributed by atoms with Crippen molar-refractivity contribution in [1.29, 1.82) is 0 Å². The molecule has 24 heavy (non-hydrogen) atoms. The molecule has 0 spiro atoms. The third-order valence-corrected chi connectivity index (χ3v) is 3.78. The van der Waals surface area contributed by atoms with Crippen LogP contribution < -0.4 is 20.1 Å². The number of ether oxygens (including phenoxy) is 2. The van der Waals surface area contributed by atoms with Gasteiger partial charge in [-0.3, -0.25) is 9.59 Å². The minimum absolute atomic E-state index is 0.221. The summed E-state index contributed by atoms with van der Waals surface area (Å²) in [6.07, 6.45) is -0.535. The molecule has 1 atom stereocenters. The van der Waals surface area contributed by atoms with E-state index in [-0.39, 0.29) is 11.8 Å². The Labute approximate surface area is 139 Å². The molecule has 1 aliphatic rings. The van der Waals surface area contributed by atoms with Crippen LogP contribution in [0.25, 0.3) is 0 Å². The SMILES string of the molecule is COc1ccc(CNC(=O)c2ccc3c(c2)NC(=O)C(C)O3)cc1. The molecule has 0 saturated carbocycles. The van der Waals surface area contributed by atoms with Crippen molar-refractivity contribution in [2.75, 3.05) is 12.4 Å². The molecule has 1 heterocycles. The number of nitrogens with one attached hydrogen (secondary N) is 2. The van der Waals surface area contributed by atoms with Crippen LogP contribution in [0.5, 0.6) is 11.5 Å². The summed E-state index contributed by atoms with van der Waals surface area (Å²) in [6, 6.07) is 12.4. The molecule has 3 rings (SSSR count). The van der Waals surface area contributed by atoms with Crippen LogP contribution in [0.1, 0.15) is 22.8 Å². The lowest BCUT2D eigenvalue weighted by Gasteiger charge is -2.23. The average Bonchev–Trinajstić information content (AvgIpc) is 2.60. The predicted molar refractivity (Wildman–Crippen MR) is 89.3 cm³/mol. The highest BCUT2D eigenvalue weighted by Crippen LogP contribution is 2.30. The number of methoxy groups -OCH3 is 1. The number of carbonyl (C=O) groups is 2. The summed E-state index contributed by atoms with van der Waals surface area (Å²) in [6.45, 7) is 2.08. The van der Waals surface area contributed by atoms with E-state index in [0.29, 0.717) is 23.5 Å². The number of hydrogen-bond donors (Lipinski definition) is 2. The molecule has 2 aromatic carbocycles. The summed E-state index contributed by atoms with van der Waals surface area (Å²) in [5.74, 6) is 0.887. The summed E-state index contributed by atoms with van der Waals surface area (Å²) >= 11 is 0. The van der Waals surface area contributed by atoms with E-state index in [2.05, 4.69) is 10.6 Å². The first-order chi connectivity index (χ1) is 11.6.